The second-order valence-electron chi connectivity index (χ2n) is 4.57. The minimum atomic E-state index is -1.17. The molecule has 8 heteroatoms. The van der Waals surface area contributed by atoms with Gasteiger partial charge in [0.15, 0.2) is 11.8 Å². The monoisotopic (exact) mass is 332 g/mol. The van der Waals surface area contributed by atoms with Gasteiger partial charge in [-0.2, -0.15) is 10.5 Å². The molecule has 0 radical (unpaired) electrons. The quantitative estimate of drug-likeness (QED) is 0.632. The number of carbonyl (C=O) groups excluding carboxylic acids is 2. The number of nitrogens with zero attached hydrogens (tertiary/aromatic N) is 2. The Hall–Kier alpha value is -2.94. The van der Waals surface area contributed by atoms with Gasteiger partial charge in [-0.1, -0.05) is 24.3 Å². The van der Waals surface area contributed by atoms with Crippen molar-refractivity contribution < 1.29 is 29.3 Å². The Morgan fingerprint density at radius 1 is 0.875 bits per heavy atom. The fourth-order valence-electron chi connectivity index (χ4n) is 1.87. The molecule has 2 unspecified atom stereocenters. The number of aliphatic hydroxyl groups is 2. The largest absolute Gasteiger partial charge is 0.462 e. The lowest BCUT2D eigenvalue weighted by Crippen LogP contribution is -2.18. The zero-order valence-electron chi connectivity index (χ0n) is 12.7. The van der Waals surface area contributed by atoms with Crippen LogP contribution >= 0.6 is 0 Å². The third-order valence-electron chi connectivity index (χ3n) is 3.00. The molecule has 1 rings (SSSR count). The second-order valence-corrected chi connectivity index (χ2v) is 4.57. The molecule has 0 bridgehead atoms. The van der Waals surface area contributed by atoms with E-state index in [0.717, 1.165) is 0 Å². The molecule has 0 aromatic heterocycles. The average Bonchev–Trinajstić information content (AvgIpc) is 2.60. The van der Waals surface area contributed by atoms with Gasteiger partial charge in [0.1, 0.15) is 13.2 Å². The minimum Gasteiger partial charge on any atom is -0.462 e. The number of ether oxygens (including phenoxy) is 2. The number of esters is 2. The number of hydrogen-bond acceptors (Lipinski definition) is 8. The summed E-state index contributed by atoms with van der Waals surface area (Å²) in [5.41, 5.74) is 0.675. The summed E-state index contributed by atoms with van der Waals surface area (Å²) in [4.78, 5) is 23.5. The lowest BCUT2D eigenvalue weighted by molar-refractivity contribution is -0.145. The summed E-state index contributed by atoms with van der Waals surface area (Å²) >= 11 is 0. The molecule has 0 aliphatic rings. The minimum absolute atomic E-state index is 0.206. The van der Waals surface area contributed by atoms with Crippen LogP contribution in [0, 0.1) is 22.7 Å². The molecule has 2 atom stereocenters. The van der Waals surface area contributed by atoms with Crippen molar-refractivity contribution in [1.29, 1.82) is 10.5 Å². The van der Waals surface area contributed by atoms with E-state index in [2.05, 4.69) is 0 Å². The molecule has 1 aromatic rings. The predicted octanol–water partition coefficient (Wildman–Crippen LogP) is -0.0280. The topological polar surface area (TPSA) is 141 Å². The van der Waals surface area contributed by atoms with Crippen molar-refractivity contribution in [3.05, 3.63) is 35.4 Å². The van der Waals surface area contributed by atoms with Crippen molar-refractivity contribution in [1.82, 2.24) is 0 Å². The van der Waals surface area contributed by atoms with Gasteiger partial charge in [0.25, 0.3) is 0 Å². The first-order valence-electron chi connectivity index (χ1n) is 7.03. The third kappa shape index (κ3) is 5.06. The van der Waals surface area contributed by atoms with E-state index in [1.807, 2.05) is 0 Å². The molecule has 2 N–H and O–H groups in total. The highest BCUT2D eigenvalue weighted by molar-refractivity contribution is 5.82. The van der Waals surface area contributed by atoms with Crippen LogP contribution in [0.3, 0.4) is 0 Å². The summed E-state index contributed by atoms with van der Waals surface area (Å²) in [6.45, 7) is -1.10. The highest BCUT2D eigenvalue weighted by Gasteiger charge is 2.25. The molecular weight excluding hydrogens is 316 g/mol. The van der Waals surface area contributed by atoms with Gasteiger partial charge in [-0.3, -0.25) is 9.59 Å². The van der Waals surface area contributed by atoms with Crippen LogP contribution in [0.4, 0.5) is 0 Å². The highest BCUT2D eigenvalue weighted by atomic mass is 16.5. The van der Waals surface area contributed by atoms with Gasteiger partial charge in [-0.05, 0) is 11.1 Å². The number of benzene rings is 1. The van der Waals surface area contributed by atoms with Gasteiger partial charge < -0.3 is 19.7 Å². The van der Waals surface area contributed by atoms with Crippen LogP contribution < -0.4 is 0 Å². The Bertz CT molecular complexity index is 587. The SMILES string of the molecule is N#CC(C(=O)OCCO)c1ccc(C(C#N)C(=O)OCCO)cc1. The first kappa shape index (κ1) is 19.1. The normalized spacial score (nSPS) is 12.3. The molecule has 0 aliphatic carbocycles. The van der Waals surface area contributed by atoms with Crippen LogP contribution in [0.25, 0.3) is 0 Å². The van der Waals surface area contributed by atoms with Crippen molar-refractivity contribution >= 4 is 11.9 Å². The molecule has 0 spiro atoms. The van der Waals surface area contributed by atoms with Crippen LogP contribution in [0.5, 0.6) is 0 Å². The molecule has 126 valence electrons. The summed E-state index contributed by atoms with van der Waals surface area (Å²) in [7, 11) is 0. The highest BCUT2D eigenvalue weighted by Crippen LogP contribution is 2.22. The number of hydrogen-bond donors (Lipinski definition) is 2. The van der Waals surface area contributed by atoms with E-state index in [1.165, 1.54) is 24.3 Å². The first-order chi connectivity index (χ1) is 11.6. The van der Waals surface area contributed by atoms with E-state index in [0.29, 0.717) is 11.1 Å². The number of carbonyl (C=O) groups is 2. The molecule has 0 fully saturated rings. The Morgan fingerprint density at radius 3 is 1.46 bits per heavy atom. The van der Waals surface area contributed by atoms with Gasteiger partial charge in [0.2, 0.25) is 0 Å². The molecule has 0 saturated carbocycles. The average molecular weight is 332 g/mol. The molecule has 0 heterocycles. The number of rotatable bonds is 8. The summed E-state index contributed by atoms with van der Waals surface area (Å²) in [6, 6.07) is 9.35. The maximum Gasteiger partial charge on any atom is 0.328 e. The molecule has 0 saturated heterocycles. The maximum absolute atomic E-state index is 11.7. The second kappa shape index (κ2) is 9.95. The van der Waals surface area contributed by atoms with Crippen molar-refractivity contribution in [2.75, 3.05) is 26.4 Å². The number of nitriles is 2. The summed E-state index contributed by atoms with van der Waals surface area (Å²) in [5.74, 6) is -3.93. The molecule has 8 nitrogen and oxygen atoms in total. The van der Waals surface area contributed by atoms with Crippen LogP contribution in [0.15, 0.2) is 24.3 Å². The van der Waals surface area contributed by atoms with Gasteiger partial charge >= 0.3 is 11.9 Å². The molecule has 24 heavy (non-hydrogen) atoms. The van der Waals surface area contributed by atoms with Crippen molar-refractivity contribution in [2.24, 2.45) is 0 Å². The summed E-state index contributed by atoms with van der Waals surface area (Å²) in [5, 5.41) is 35.4. The van der Waals surface area contributed by atoms with Gasteiger partial charge in [-0.15, -0.1) is 0 Å². The van der Waals surface area contributed by atoms with E-state index in [1.54, 1.807) is 12.1 Å². The van der Waals surface area contributed by atoms with Gasteiger partial charge in [-0.25, -0.2) is 0 Å². The Labute approximate surface area is 138 Å². The third-order valence-corrected chi connectivity index (χ3v) is 3.00. The summed E-state index contributed by atoms with van der Waals surface area (Å²) in [6.07, 6.45) is 0. The maximum atomic E-state index is 11.7. The Kier molecular flexibility index (Phi) is 7.92. The van der Waals surface area contributed by atoms with E-state index in [-0.39, 0.29) is 26.4 Å². The summed E-state index contributed by atoms with van der Waals surface area (Å²) < 4.78 is 9.44. The fourth-order valence-corrected chi connectivity index (χ4v) is 1.87. The predicted molar refractivity (Wildman–Crippen MR) is 79.2 cm³/mol. The Morgan fingerprint density at radius 2 is 1.21 bits per heavy atom. The van der Waals surface area contributed by atoms with E-state index >= 15 is 0 Å². The zero-order valence-corrected chi connectivity index (χ0v) is 12.7. The lowest BCUT2D eigenvalue weighted by Gasteiger charge is -2.12. The van der Waals surface area contributed by atoms with Crippen molar-refractivity contribution in [2.45, 2.75) is 11.8 Å². The standard InChI is InChI=1S/C16H16N2O6/c17-9-13(15(21)23-7-5-19)11-1-2-12(4-3-11)14(10-18)16(22)24-8-6-20/h1-4,13-14,19-20H,5-8H2. The molecule has 0 aliphatic heterocycles. The smallest absolute Gasteiger partial charge is 0.328 e. The van der Waals surface area contributed by atoms with Crippen LogP contribution in [-0.4, -0.2) is 48.6 Å². The molecular formula is C16H16N2O6. The van der Waals surface area contributed by atoms with Crippen LogP contribution in [0.1, 0.15) is 23.0 Å². The fraction of sp³-hybridized carbons (Fsp3) is 0.375. The Balaban J connectivity index is 2.90. The lowest BCUT2D eigenvalue weighted by atomic mass is 9.95. The van der Waals surface area contributed by atoms with Crippen LogP contribution in [-0.2, 0) is 19.1 Å². The first-order valence-corrected chi connectivity index (χ1v) is 7.03. The molecule has 0 amide bonds. The number of aliphatic hydroxyl groups excluding tert-OH is 2. The van der Waals surface area contributed by atoms with E-state index in [9.17, 15) is 9.59 Å². The molecule has 1 aromatic carbocycles. The van der Waals surface area contributed by atoms with Crippen molar-refractivity contribution in [3.63, 3.8) is 0 Å². The zero-order chi connectivity index (χ0) is 17.9. The van der Waals surface area contributed by atoms with Crippen LogP contribution in [0.2, 0.25) is 0 Å². The van der Waals surface area contributed by atoms with E-state index < -0.39 is 23.8 Å². The van der Waals surface area contributed by atoms with Gasteiger partial charge in [0.05, 0.1) is 25.4 Å². The van der Waals surface area contributed by atoms with Crippen molar-refractivity contribution in [3.8, 4) is 12.1 Å². The van der Waals surface area contributed by atoms with Gasteiger partial charge in [0, 0.05) is 0 Å². The van der Waals surface area contributed by atoms with E-state index in [4.69, 9.17) is 30.2 Å².